The van der Waals surface area contributed by atoms with Gasteiger partial charge in [0.2, 0.25) is 15.9 Å². The van der Waals surface area contributed by atoms with Crippen LogP contribution in [-0.2, 0) is 14.8 Å². The molecule has 1 fully saturated rings. The Kier molecular flexibility index (Phi) is 4.58. The molecule has 21 heavy (non-hydrogen) atoms. The number of amides is 1. The Balaban J connectivity index is 2.14. The molecule has 116 valence electrons. The van der Waals surface area contributed by atoms with E-state index in [9.17, 15) is 22.0 Å². The second kappa shape index (κ2) is 6.07. The van der Waals surface area contributed by atoms with Crippen LogP contribution in [0.15, 0.2) is 23.1 Å². The van der Waals surface area contributed by atoms with E-state index in [2.05, 4.69) is 4.72 Å². The fourth-order valence-corrected chi connectivity index (χ4v) is 3.51. The minimum Gasteiger partial charge on any atom is -0.341 e. The Hall–Kier alpha value is -1.54. The molecule has 1 aliphatic heterocycles. The van der Waals surface area contributed by atoms with E-state index in [4.69, 9.17) is 0 Å². The van der Waals surface area contributed by atoms with Crippen molar-refractivity contribution in [3.05, 3.63) is 29.8 Å². The number of benzene rings is 1. The highest BCUT2D eigenvalue weighted by molar-refractivity contribution is 7.89. The number of nitrogens with one attached hydrogen (secondary N) is 1. The second-order valence-electron chi connectivity index (χ2n) is 4.95. The maximum atomic E-state index is 13.5. The summed E-state index contributed by atoms with van der Waals surface area (Å²) in [6.07, 6.45) is 1.77. The van der Waals surface area contributed by atoms with Gasteiger partial charge in [0.05, 0.1) is 6.04 Å². The molecule has 1 aromatic carbocycles. The van der Waals surface area contributed by atoms with Crippen LogP contribution < -0.4 is 4.72 Å². The van der Waals surface area contributed by atoms with Gasteiger partial charge in [0, 0.05) is 19.2 Å². The van der Waals surface area contributed by atoms with E-state index in [1.165, 1.54) is 6.92 Å². The first kappa shape index (κ1) is 15.8. The summed E-state index contributed by atoms with van der Waals surface area (Å²) in [5.41, 5.74) is 0. The van der Waals surface area contributed by atoms with E-state index < -0.39 is 32.6 Å². The molecule has 0 saturated carbocycles. The third-order valence-electron chi connectivity index (χ3n) is 3.30. The summed E-state index contributed by atoms with van der Waals surface area (Å²) in [6, 6.07) is 1.17. The SMILES string of the molecule is C[C@@H](NS(=O)(=O)c1ccc(F)cc1F)C(=O)N1CCCC1. The van der Waals surface area contributed by atoms with E-state index in [0.717, 1.165) is 25.0 Å². The fraction of sp³-hybridized carbons (Fsp3) is 0.462. The molecular formula is C13H16F2N2O3S. The first-order valence-electron chi connectivity index (χ1n) is 6.57. The topological polar surface area (TPSA) is 66.5 Å². The van der Waals surface area contributed by atoms with Crippen LogP contribution in [-0.4, -0.2) is 38.4 Å². The molecule has 5 nitrogen and oxygen atoms in total. The molecule has 8 heteroatoms. The smallest absolute Gasteiger partial charge is 0.244 e. The zero-order chi connectivity index (χ0) is 15.6. The molecule has 0 spiro atoms. The lowest BCUT2D eigenvalue weighted by Gasteiger charge is -2.21. The molecule has 2 rings (SSSR count). The molecule has 1 heterocycles. The van der Waals surface area contributed by atoms with Gasteiger partial charge in [-0.2, -0.15) is 4.72 Å². The van der Waals surface area contributed by atoms with Gasteiger partial charge in [-0.3, -0.25) is 4.79 Å². The number of likely N-dealkylation sites (tertiary alicyclic amines) is 1. The second-order valence-corrected chi connectivity index (χ2v) is 6.63. The van der Waals surface area contributed by atoms with E-state index in [0.29, 0.717) is 19.2 Å². The molecule has 1 N–H and O–H groups in total. The number of rotatable bonds is 4. The van der Waals surface area contributed by atoms with Crippen molar-refractivity contribution in [1.82, 2.24) is 9.62 Å². The third kappa shape index (κ3) is 3.56. The van der Waals surface area contributed by atoms with Gasteiger partial charge in [-0.15, -0.1) is 0 Å². The number of hydrogen-bond acceptors (Lipinski definition) is 3. The van der Waals surface area contributed by atoms with Gasteiger partial charge in [-0.25, -0.2) is 17.2 Å². The zero-order valence-electron chi connectivity index (χ0n) is 11.5. The Labute approximate surface area is 122 Å². The van der Waals surface area contributed by atoms with E-state index in [1.807, 2.05) is 0 Å². The van der Waals surface area contributed by atoms with Gasteiger partial charge in [0.15, 0.2) is 0 Å². The van der Waals surface area contributed by atoms with E-state index in [1.54, 1.807) is 4.90 Å². The van der Waals surface area contributed by atoms with Crippen LogP contribution in [0, 0.1) is 11.6 Å². The van der Waals surface area contributed by atoms with Gasteiger partial charge in [0.1, 0.15) is 16.5 Å². The number of carbonyl (C=O) groups is 1. The van der Waals surface area contributed by atoms with Crippen LogP contribution in [0.5, 0.6) is 0 Å². The monoisotopic (exact) mass is 318 g/mol. The molecule has 1 atom stereocenters. The van der Waals surface area contributed by atoms with E-state index >= 15 is 0 Å². The summed E-state index contributed by atoms with van der Waals surface area (Å²) < 4.78 is 52.6. The Morgan fingerprint density at radius 1 is 1.29 bits per heavy atom. The summed E-state index contributed by atoms with van der Waals surface area (Å²) in [7, 11) is -4.22. The van der Waals surface area contributed by atoms with Crippen molar-refractivity contribution < 1.29 is 22.0 Å². The lowest BCUT2D eigenvalue weighted by Crippen LogP contribution is -2.46. The summed E-state index contributed by atoms with van der Waals surface area (Å²) >= 11 is 0. The zero-order valence-corrected chi connectivity index (χ0v) is 12.3. The molecule has 1 amide bonds. The van der Waals surface area contributed by atoms with Crippen molar-refractivity contribution in [3.8, 4) is 0 Å². The predicted octanol–water partition coefficient (Wildman–Crippen LogP) is 1.25. The largest absolute Gasteiger partial charge is 0.341 e. The standard InChI is InChI=1S/C13H16F2N2O3S/c1-9(13(18)17-6-2-3-7-17)16-21(19,20)12-5-4-10(14)8-11(12)15/h4-5,8-9,16H,2-3,6-7H2,1H3/t9-/m1/s1. The van der Waals surface area contributed by atoms with Crippen molar-refractivity contribution in [1.29, 1.82) is 0 Å². The summed E-state index contributed by atoms with van der Waals surface area (Å²) in [5.74, 6) is -2.41. The van der Waals surface area contributed by atoms with Crippen LogP contribution in [0.1, 0.15) is 19.8 Å². The number of carbonyl (C=O) groups excluding carboxylic acids is 1. The Morgan fingerprint density at radius 2 is 1.90 bits per heavy atom. The van der Waals surface area contributed by atoms with Crippen LogP contribution in [0.25, 0.3) is 0 Å². The minimum absolute atomic E-state index is 0.349. The van der Waals surface area contributed by atoms with Crippen molar-refractivity contribution in [2.24, 2.45) is 0 Å². The van der Waals surface area contributed by atoms with Crippen LogP contribution in [0.3, 0.4) is 0 Å². The van der Waals surface area contributed by atoms with Crippen molar-refractivity contribution in [3.63, 3.8) is 0 Å². The molecule has 0 bridgehead atoms. The normalized spacial score (nSPS) is 17.0. The van der Waals surface area contributed by atoms with Crippen molar-refractivity contribution in [2.75, 3.05) is 13.1 Å². The van der Waals surface area contributed by atoms with Gasteiger partial charge in [-0.05, 0) is 31.9 Å². The Morgan fingerprint density at radius 3 is 2.48 bits per heavy atom. The first-order valence-corrected chi connectivity index (χ1v) is 8.06. The summed E-state index contributed by atoms with van der Waals surface area (Å²) in [5, 5.41) is 0. The maximum Gasteiger partial charge on any atom is 0.244 e. The van der Waals surface area contributed by atoms with Gasteiger partial charge in [0.25, 0.3) is 0 Å². The average molecular weight is 318 g/mol. The highest BCUT2D eigenvalue weighted by Crippen LogP contribution is 2.16. The first-order chi connectivity index (χ1) is 9.81. The molecule has 0 radical (unpaired) electrons. The molecule has 1 aromatic rings. The van der Waals surface area contributed by atoms with Gasteiger partial charge in [-0.1, -0.05) is 0 Å². The Bertz CT molecular complexity index is 643. The van der Waals surface area contributed by atoms with Crippen molar-refractivity contribution in [2.45, 2.75) is 30.7 Å². The summed E-state index contributed by atoms with van der Waals surface area (Å²) in [4.78, 5) is 12.9. The van der Waals surface area contributed by atoms with Crippen LogP contribution in [0.4, 0.5) is 8.78 Å². The van der Waals surface area contributed by atoms with Crippen LogP contribution in [0.2, 0.25) is 0 Å². The number of sulfonamides is 1. The molecule has 0 unspecified atom stereocenters. The molecule has 0 aliphatic carbocycles. The number of nitrogens with zero attached hydrogens (tertiary/aromatic N) is 1. The van der Waals surface area contributed by atoms with Gasteiger partial charge < -0.3 is 4.90 Å². The minimum atomic E-state index is -4.22. The summed E-state index contributed by atoms with van der Waals surface area (Å²) in [6.45, 7) is 2.59. The molecule has 1 saturated heterocycles. The highest BCUT2D eigenvalue weighted by atomic mass is 32.2. The molecule has 0 aromatic heterocycles. The lowest BCUT2D eigenvalue weighted by atomic mass is 10.3. The average Bonchev–Trinajstić information content (AvgIpc) is 2.90. The van der Waals surface area contributed by atoms with E-state index in [-0.39, 0.29) is 5.91 Å². The lowest BCUT2D eigenvalue weighted by molar-refractivity contribution is -0.131. The predicted molar refractivity (Wildman–Crippen MR) is 72.0 cm³/mol. The quantitative estimate of drug-likeness (QED) is 0.909. The molecular weight excluding hydrogens is 302 g/mol. The number of hydrogen-bond donors (Lipinski definition) is 1. The maximum absolute atomic E-state index is 13.5. The van der Waals surface area contributed by atoms with Crippen molar-refractivity contribution >= 4 is 15.9 Å². The number of halogens is 2. The third-order valence-corrected chi connectivity index (χ3v) is 4.88. The molecule has 1 aliphatic rings. The van der Waals surface area contributed by atoms with Gasteiger partial charge >= 0.3 is 0 Å². The highest BCUT2D eigenvalue weighted by Gasteiger charge is 2.28. The van der Waals surface area contributed by atoms with Crippen LogP contribution >= 0.6 is 0 Å². The fourth-order valence-electron chi connectivity index (χ4n) is 2.25.